The highest BCUT2D eigenvalue weighted by Crippen LogP contribution is 2.36. The summed E-state index contributed by atoms with van der Waals surface area (Å²) in [7, 11) is 0. The fourth-order valence-electron chi connectivity index (χ4n) is 2.78. The maximum Gasteiger partial charge on any atom is 0.412 e. The summed E-state index contributed by atoms with van der Waals surface area (Å²) in [6, 6.07) is 18.3. The molecule has 0 atom stereocenters. The van der Waals surface area contributed by atoms with Crippen LogP contribution in [0.25, 0.3) is 10.6 Å². The number of aromatic nitrogens is 1. The van der Waals surface area contributed by atoms with E-state index in [-0.39, 0.29) is 16.5 Å². The van der Waals surface area contributed by atoms with E-state index in [1.54, 1.807) is 24.4 Å². The number of benzene rings is 1. The summed E-state index contributed by atoms with van der Waals surface area (Å²) in [4.78, 5) is 30.4. The van der Waals surface area contributed by atoms with Crippen molar-refractivity contribution in [3.8, 4) is 22.4 Å². The first-order valence-corrected chi connectivity index (χ1v) is 10.7. The van der Waals surface area contributed by atoms with E-state index >= 15 is 0 Å². The van der Waals surface area contributed by atoms with Crippen LogP contribution in [0, 0.1) is 11.3 Å². The number of nitriles is 1. The molecule has 1 aromatic carbocycles. The van der Waals surface area contributed by atoms with Gasteiger partial charge in [-0.2, -0.15) is 5.26 Å². The van der Waals surface area contributed by atoms with Crippen molar-refractivity contribution in [2.45, 2.75) is 25.7 Å². The van der Waals surface area contributed by atoms with E-state index in [2.05, 4.69) is 21.7 Å². The topological polar surface area (TPSA) is 104 Å². The summed E-state index contributed by atoms with van der Waals surface area (Å²) < 4.78 is 5.45. The zero-order valence-corrected chi connectivity index (χ0v) is 17.7. The van der Waals surface area contributed by atoms with E-state index in [0.717, 1.165) is 24.1 Å². The first kappa shape index (κ1) is 22.0. The van der Waals surface area contributed by atoms with Crippen LogP contribution in [0.5, 0.6) is 5.75 Å². The second kappa shape index (κ2) is 11.5. The van der Waals surface area contributed by atoms with Gasteiger partial charge < -0.3 is 15.4 Å². The Kier molecular flexibility index (Phi) is 8.14. The van der Waals surface area contributed by atoms with Gasteiger partial charge in [0.1, 0.15) is 4.88 Å². The molecular formula is C23H22N4O3S. The number of carbonyl (C=O) groups excluding carboxylic acids is 2. The molecule has 2 heterocycles. The van der Waals surface area contributed by atoms with Crippen molar-refractivity contribution in [1.29, 1.82) is 5.26 Å². The normalized spacial score (nSPS) is 10.2. The molecule has 0 bridgehead atoms. The highest BCUT2D eigenvalue weighted by atomic mass is 32.1. The maximum absolute atomic E-state index is 12.9. The van der Waals surface area contributed by atoms with Gasteiger partial charge in [0.2, 0.25) is 0 Å². The van der Waals surface area contributed by atoms with E-state index in [1.807, 2.05) is 36.4 Å². The van der Waals surface area contributed by atoms with Gasteiger partial charge in [0.25, 0.3) is 5.91 Å². The zero-order chi connectivity index (χ0) is 21.9. The number of nitrogens with one attached hydrogen (secondary N) is 2. The highest BCUT2D eigenvalue weighted by molar-refractivity contribution is 7.17. The number of carbonyl (C=O) groups is 2. The SMILES string of the molecule is N#CCCCCCNC(=O)Oc1cc(-c2ccccn2)sc1C(=O)Nc1ccccc1. The van der Waals surface area contributed by atoms with Gasteiger partial charge in [-0.15, -0.1) is 11.3 Å². The van der Waals surface area contributed by atoms with Gasteiger partial charge >= 0.3 is 6.09 Å². The number of unbranched alkanes of at least 4 members (excludes halogenated alkanes) is 3. The average molecular weight is 435 g/mol. The van der Waals surface area contributed by atoms with Crippen LogP contribution in [0.3, 0.4) is 0 Å². The van der Waals surface area contributed by atoms with Crippen LogP contribution in [-0.2, 0) is 0 Å². The predicted molar refractivity (Wildman–Crippen MR) is 120 cm³/mol. The molecule has 0 fully saturated rings. The lowest BCUT2D eigenvalue weighted by Crippen LogP contribution is -2.28. The van der Waals surface area contributed by atoms with Crippen LogP contribution >= 0.6 is 11.3 Å². The molecule has 0 aliphatic carbocycles. The van der Waals surface area contributed by atoms with E-state index in [9.17, 15) is 9.59 Å². The monoisotopic (exact) mass is 434 g/mol. The number of thiophene rings is 1. The van der Waals surface area contributed by atoms with Crippen molar-refractivity contribution in [2.24, 2.45) is 0 Å². The highest BCUT2D eigenvalue weighted by Gasteiger charge is 2.21. The van der Waals surface area contributed by atoms with E-state index in [0.29, 0.717) is 24.3 Å². The minimum Gasteiger partial charge on any atom is -0.409 e. The number of anilines is 1. The number of pyridine rings is 1. The molecule has 7 nitrogen and oxygen atoms in total. The number of para-hydroxylation sites is 1. The smallest absolute Gasteiger partial charge is 0.409 e. The second-order valence-corrected chi connectivity index (χ2v) is 7.68. The van der Waals surface area contributed by atoms with Crippen molar-refractivity contribution in [3.63, 3.8) is 0 Å². The Morgan fingerprint density at radius 2 is 1.87 bits per heavy atom. The standard InChI is InChI=1S/C23H22N4O3S/c24-13-7-1-2-8-15-26-23(29)30-19-16-20(18-12-6-9-14-25-18)31-21(19)22(28)27-17-10-4-3-5-11-17/h3-6,9-12,14,16H,1-2,7-8,15H2,(H,26,29)(H,27,28). The quantitative estimate of drug-likeness (QED) is 0.449. The van der Waals surface area contributed by atoms with E-state index in [1.165, 1.54) is 11.3 Å². The molecule has 3 rings (SSSR count). The number of amides is 2. The molecule has 2 amide bonds. The van der Waals surface area contributed by atoms with Crippen molar-refractivity contribution in [1.82, 2.24) is 10.3 Å². The minimum atomic E-state index is -0.626. The Morgan fingerprint density at radius 3 is 2.61 bits per heavy atom. The fraction of sp³-hybridized carbons (Fsp3) is 0.217. The molecule has 0 saturated carbocycles. The minimum absolute atomic E-state index is 0.182. The summed E-state index contributed by atoms with van der Waals surface area (Å²) in [6.45, 7) is 0.438. The lowest BCUT2D eigenvalue weighted by Gasteiger charge is -2.08. The third-order valence-corrected chi connectivity index (χ3v) is 5.43. The number of hydrogen-bond donors (Lipinski definition) is 2. The van der Waals surface area contributed by atoms with Crippen molar-refractivity contribution >= 4 is 29.0 Å². The molecule has 2 aromatic heterocycles. The number of rotatable bonds is 9. The summed E-state index contributed by atoms with van der Waals surface area (Å²) in [5.74, 6) is -0.182. The van der Waals surface area contributed by atoms with Gasteiger partial charge in [0.05, 0.1) is 16.6 Å². The molecule has 0 aliphatic heterocycles. The Labute approximate surface area is 184 Å². The molecule has 158 valence electrons. The van der Waals surface area contributed by atoms with Crippen LogP contribution in [0.4, 0.5) is 10.5 Å². The van der Waals surface area contributed by atoms with Gasteiger partial charge in [-0.25, -0.2) is 4.79 Å². The Hall–Kier alpha value is -3.70. The van der Waals surface area contributed by atoms with Crippen LogP contribution in [0.2, 0.25) is 0 Å². The number of hydrogen-bond acceptors (Lipinski definition) is 6. The van der Waals surface area contributed by atoms with Gasteiger partial charge in [-0.05, 0) is 37.1 Å². The van der Waals surface area contributed by atoms with Gasteiger partial charge in [-0.1, -0.05) is 30.7 Å². The van der Waals surface area contributed by atoms with E-state index in [4.69, 9.17) is 10.00 Å². The Bertz CT molecular complexity index is 1050. The average Bonchev–Trinajstić information content (AvgIpc) is 3.21. The summed E-state index contributed by atoms with van der Waals surface area (Å²) in [6.07, 6.45) is 3.95. The largest absolute Gasteiger partial charge is 0.412 e. The van der Waals surface area contributed by atoms with Gasteiger partial charge in [0, 0.05) is 30.9 Å². The van der Waals surface area contributed by atoms with Crippen molar-refractivity contribution in [2.75, 3.05) is 11.9 Å². The summed E-state index contributed by atoms with van der Waals surface area (Å²) >= 11 is 1.21. The van der Waals surface area contributed by atoms with Crippen molar-refractivity contribution < 1.29 is 14.3 Å². The molecular weight excluding hydrogens is 412 g/mol. The van der Waals surface area contributed by atoms with Crippen LogP contribution in [0.1, 0.15) is 35.4 Å². The van der Waals surface area contributed by atoms with Crippen LogP contribution in [-0.4, -0.2) is 23.5 Å². The molecule has 0 aliphatic rings. The molecule has 3 aromatic rings. The fourth-order valence-corrected chi connectivity index (χ4v) is 3.74. The van der Waals surface area contributed by atoms with Gasteiger partial charge in [-0.3, -0.25) is 9.78 Å². The molecule has 0 spiro atoms. The Morgan fingerprint density at radius 1 is 1.06 bits per heavy atom. The molecule has 31 heavy (non-hydrogen) atoms. The van der Waals surface area contributed by atoms with E-state index < -0.39 is 6.09 Å². The third kappa shape index (κ3) is 6.66. The Balaban J connectivity index is 1.71. The zero-order valence-electron chi connectivity index (χ0n) is 16.8. The first-order chi connectivity index (χ1) is 15.2. The van der Waals surface area contributed by atoms with Crippen LogP contribution < -0.4 is 15.4 Å². The molecule has 2 N–H and O–H groups in total. The molecule has 8 heteroatoms. The van der Waals surface area contributed by atoms with Gasteiger partial charge in [0.15, 0.2) is 5.75 Å². The number of ether oxygens (including phenoxy) is 1. The lowest BCUT2D eigenvalue weighted by atomic mass is 10.2. The maximum atomic E-state index is 12.9. The third-order valence-electron chi connectivity index (χ3n) is 4.29. The molecule has 0 unspecified atom stereocenters. The lowest BCUT2D eigenvalue weighted by molar-refractivity contribution is 0.102. The second-order valence-electron chi connectivity index (χ2n) is 6.62. The molecule has 0 saturated heterocycles. The van der Waals surface area contributed by atoms with Crippen LogP contribution in [0.15, 0.2) is 60.8 Å². The summed E-state index contributed by atoms with van der Waals surface area (Å²) in [5, 5.41) is 14.1. The number of nitrogens with zero attached hydrogens (tertiary/aromatic N) is 2. The predicted octanol–water partition coefficient (Wildman–Crippen LogP) is 5.23. The summed E-state index contributed by atoms with van der Waals surface area (Å²) in [5.41, 5.74) is 1.34. The van der Waals surface area contributed by atoms with Crippen molar-refractivity contribution in [3.05, 3.63) is 65.7 Å². The molecule has 0 radical (unpaired) electrons. The first-order valence-electron chi connectivity index (χ1n) is 9.91.